The van der Waals surface area contributed by atoms with Crippen molar-refractivity contribution in [3.05, 3.63) is 254 Å². The Morgan fingerprint density at radius 1 is 0.276 bits per heavy atom. The van der Waals surface area contributed by atoms with E-state index < -0.39 is 0 Å². The van der Waals surface area contributed by atoms with Crippen LogP contribution in [0.15, 0.2) is 243 Å². The molecule has 4 heterocycles. The zero-order valence-electron chi connectivity index (χ0n) is 43.0. The lowest BCUT2D eigenvalue weighted by atomic mass is 9.99. The van der Waals surface area contributed by atoms with E-state index in [1.807, 2.05) is 0 Å². The Kier molecular flexibility index (Phi) is 9.93. The van der Waals surface area contributed by atoms with E-state index in [1.165, 1.54) is 110 Å². The predicted molar refractivity (Wildman–Crippen MR) is 324 cm³/mol. The number of anilines is 6. The standard InChI is InChI=1S/C72H54N4/c1-45(2)47-25-31-55(32-26-47)73(53-21-13-7-14-22-53)63-39-37-57-61-43-68-62(44-67(61)75-65-41-51(49-17-9-5-10-18-49)29-35-59(65)69(63)71(57)75)58-38-40-64(74(54-23-15-8-16-24-54)56-33-27-48(28-34-56)46(3)4)70-60-36-30-52(50-19-11-6-12-20-50)42-66(60)76(68)72(58)70/h5-46H,1-4H3. The van der Waals surface area contributed by atoms with E-state index in [4.69, 9.17) is 0 Å². The second-order valence-corrected chi connectivity index (χ2v) is 21.3. The average Bonchev–Trinajstić information content (AvgIpc) is 4.35. The molecule has 4 aromatic heterocycles. The van der Waals surface area contributed by atoms with Crippen molar-refractivity contribution in [3.8, 4) is 22.3 Å². The van der Waals surface area contributed by atoms with Crippen molar-refractivity contribution in [2.24, 2.45) is 0 Å². The number of rotatable bonds is 10. The van der Waals surface area contributed by atoms with Crippen molar-refractivity contribution in [3.63, 3.8) is 0 Å². The number of hydrogen-bond acceptors (Lipinski definition) is 2. The van der Waals surface area contributed by atoms with Crippen LogP contribution in [-0.4, -0.2) is 8.80 Å². The fraction of sp³-hybridized carbons (Fsp3) is 0.0833. The quantitative estimate of drug-likeness (QED) is 0.136. The Balaban J connectivity index is 1.05. The van der Waals surface area contributed by atoms with E-state index in [0.29, 0.717) is 11.8 Å². The second kappa shape index (κ2) is 17.1. The molecule has 15 rings (SSSR count). The van der Waals surface area contributed by atoms with Crippen LogP contribution >= 0.6 is 0 Å². The van der Waals surface area contributed by atoms with Crippen LogP contribution in [0.2, 0.25) is 0 Å². The second-order valence-electron chi connectivity index (χ2n) is 21.3. The maximum Gasteiger partial charge on any atom is 0.0641 e. The van der Waals surface area contributed by atoms with E-state index >= 15 is 0 Å². The average molecular weight is 975 g/mol. The molecule has 11 aromatic carbocycles. The van der Waals surface area contributed by atoms with Gasteiger partial charge >= 0.3 is 0 Å². The molecule has 0 radical (unpaired) electrons. The van der Waals surface area contributed by atoms with Crippen molar-refractivity contribution in [1.29, 1.82) is 0 Å². The molecule has 15 aromatic rings. The van der Waals surface area contributed by atoms with Gasteiger partial charge in [-0.1, -0.05) is 185 Å². The van der Waals surface area contributed by atoms with Gasteiger partial charge in [0.25, 0.3) is 0 Å². The van der Waals surface area contributed by atoms with Crippen molar-refractivity contribution >= 4 is 110 Å². The van der Waals surface area contributed by atoms with Gasteiger partial charge in [0.15, 0.2) is 0 Å². The molecular weight excluding hydrogens is 921 g/mol. The molecule has 0 aliphatic carbocycles. The maximum atomic E-state index is 2.58. The monoisotopic (exact) mass is 974 g/mol. The maximum absolute atomic E-state index is 2.58. The predicted octanol–water partition coefficient (Wildman–Crippen LogP) is 20.5. The van der Waals surface area contributed by atoms with Gasteiger partial charge in [-0.15, -0.1) is 0 Å². The Labute approximate surface area is 442 Å². The highest BCUT2D eigenvalue weighted by molar-refractivity contribution is 6.32. The molecule has 0 aliphatic rings. The molecule has 0 unspecified atom stereocenters. The highest BCUT2D eigenvalue weighted by atomic mass is 15.2. The van der Waals surface area contributed by atoms with E-state index in [-0.39, 0.29) is 0 Å². The molecular formula is C72H54N4. The van der Waals surface area contributed by atoms with Gasteiger partial charge in [0.1, 0.15) is 0 Å². The summed E-state index contributed by atoms with van der Waals surface area (Å²) >= 11 is 0. The molecule has 4 nitrogen and oxygen atoms in total. The summed E-state index contributed by atoms with van der Waals surface area (Å²) in [5.74, 6) is 0.877. The third kappa shape index (κ3) is 6.63. The van der Waals surface area contributed by atoms with Crippen LogP contribution in [0.1, 0.15) is 50.7 Å². The van der Waals surface area contributed by atoms with Crippen LogP contribution in [0.3, 0.4) is 0 Å². The summed E-state index contributed by atoms with van der Waals surface area (Å²) in [4.78, 5) is 4.92. The molecule has 0 N–H and O–H groups in total. The smallest absolute Gasteiger partial charge is 0.0641 e. The summed E-state index contributed by atoms with van der Waals surface area (Å²) < 4.78 is 5.17. The van der Waals surface area contributed by atoms with Crippen molar-refractivity contribution < 1.29 is 0 Å². The molecule has 0 saturated carbocycles. The van der Waals surface area contributed by atoms with Crippen LogP contribution < -0.4 is 9.80 Å². The Morgan fingerprint density at radius 2 is 0.605 bits per heavy atom. The van der Waals surface area contributed by atoms with E-state index in [1.54, 1.807) is 0 Å². The first-order valence-corrected chi connectivity index (χ1v) is 26.8. The summed E-state index contributed by atoms with van der Waals surface area (Å²) in [6.45, 7) is 9.06. The Bertz CT molecular complexity index is 4350. The summed E-state index contributed by atoms with van der Waals surface area (Å²) in [7, 11) is 0. The third-order valence-corrected chi connectivity index (χ3v) is 16.3. The number of benzene rings is 11. The van der Waals surface area contributed by atoms with Gasteiger partial charge in [-0.25, -0.2) is 0 Å². The first kappa shape index (κ1) is 44.1. The van der Waals surface area contributed by atoms with Crippen LogP contribution in [0.5, 0.6) is 0 Å². The summed E-state index contributed by atoms with van der Waals surface area (Å²) in [5.41, 5.74) is 21.6. The summed E-state index contributed by atoms with van der Waals surface area (Å²) in [5, 5.41) is 9.92. The van der Waals surface area contributed by atoms with Crippen molar-refractivity contribution in [1.82, 2.24) is 8.80 Å². The highest BCUT2D eigenvalue weighted by Crippen LogP contribution is 2.52. The number of fused-ring (bicyclic) bond motifs is 12. The van der Waals surface area contributed by atoms with Gasteiger partial charge in [-0.3, -0.25) is 0 Å². The van der Waals surface area contributed by atoms with E-state index in [9.17, 15) is 0 Å². The van der Waals surface area contributed by atoms with Crippen LogP contribution in [0.4, 0.5) is 34.1 Å². The summed E-state index contributed by atoms with van der Waals surface area (Å²) in [6, 6.07) is 90.5. The lowest BCUT2D eigenvalue weighted by molar-refractivity contribution is 0.866. The van der Waals surface area contributed by atoms with Crippen LogP contribution in [0, 0.1) is 0 Å². The molecule has 0 atom stereocenters. The SMILES string of the molecule is CC(C)c1ccc(N(c2ccccc2)c2ccc3c4cc5c(cc4n4c6cc(-c7ccccc7)ccc6c2c34)c2ccc(N(c3ccccc3)c3ccc(C(C)C)cc3)c3c4ccc(-c6ccccc6)cc4n5c23)cc1. The molecule has 0 fully saturated rings. The number of nitrogens with zero attached hydrogens (tertiary/aromatic N) is 4. The fourth-order valence-electron chi connectivity index (χ4n) is 12.6. The minimum Gasteiger partial charge on any atom is -0.310 e. The molecule has 0 bridgehead atoms. The topological polar surface area (TPSA) is 15.3 Å². The lowest BCUT2D eigenvalue weighted by Crippen LogP contribution is -2.10. The Morgan fingerprint density at radius 3 is 0.974 bits per heavy atom. The lowest BCUT2D eigenvalue weighted by Gasteiger charge is -2.27. The van der Waals surface area contributed by atoms with Gasteiger partial charge < -0.3 is 18.6 Å². The fourth-order valence-corrected chi connectivity index (χ4v) is 12.6. The van der Waals surface area contributed by atoms with Gasteiger partial charge in [0, 0.05) is 65.8 Å². The van der Waals surface area contributed by atoms with Crippen LogP contribution in [-0.2, 0) is 0 Å². The molecule has 0 amide bonds. The zero-order chi connectivity index (χ0) is 50.8. The van der Waals surface area contributed by atoms with Gasteiger partial charge in [0.2, 0.25) is 0 Å². The molecule has 76 heavy (non-hydrogen) atoms. The van der Waals surface area contributed by atoms with Crippen molar-refractivity contribution in [2.75, 3.05) is 9.80 Å². The number of aromatic nitrogens is 2. The highest BCUT2D eigenvalue weighted by Gasteiger charge is 2.28. The Hall–Kier alpha value is -9.38. The minimum absolute atomic E-state index is 0.438. The number of hydrogen-bond donors (Lipinski definition) is 0. The third-order valence-electron chi connectivity index (χ3n) is 16.3. The first-order chi connectivity index (χ1) is 37.4. The minimum atomic E-state index is 0.438. The largest absolute Gasteiger partial charge is 0.310 e. The van der Waals surface area contributed by atoms with Crippen molar-refractivity contribution in [2.45, 2.75) is 39.5 Å². The molecule has 4 heteroatoms. The normalized spacial score (nSPS) is 12.2. The zero-order valence-corrected chi connectivity index (χ0v) is 43.0. The summed E-state index contributed by atoms with van der Waals surface area (Å²) in [6.07, 6.45) is 0. The number of para-hydroxylation sites is 2. The first-order valence-electron chi connectivity index (χ1n) is 26.8. The molecule has 0 saturated heterocycles. The van der Waals surface area contributed by atoms with Gasteiger partial charge in [0.05, 0.1) is 44.5 Å². The molecule has 0 spiro atoms. The van der Waals surface area contributed by atoms with E-state index in [2.05, 4.69) is 289 Å². The molecule has 362 valence electrons. The van der Waals surface area contributed by atoms with Gasteiger partial charge in [-0.05, 0) is 130 Å². The molecule has 0 aliphatic heterocycles. The van der Waals surface area contributed by atoms with Gasteiger partial charge in [-0.2, -0.15) is 0 Å². The van der Waals surface area contributed by atoms with Crippen LogP contribution in [0.25, 0.3) is 98.4 Å². The van der Waals surface area contributed by atoms with E-state index in [0.717, 1.165) is 34.1 Å².